The predicted molar refractivity (Wildman–Crippen MR) is 140 cm³/mol. The van der Waals surface area contributed by atoms with Gasteiger partial charge in [0.05, 0.1) is 24.7 Å². The minimum absolute atomic E-state index is 0.0652. The number of hydrogen-bond donors (Lipinski definition) is 4. The average Bonchev–Trinajstić information content (AvgIpc) is 3.10. The van der Waals surface area contributed by atoms with E-state index >= 15 is 4.39 Å². The van der Waals surface area contributed by atoms with Gasteiger partial charge >= 0.3 is 6.09 Å². The Morgan fingerprint density at radius 2 is 1.97 bits per heavy atom. The molecular weight excluding hydrogens is 520 g/mol. The second-order valence-corrected chi connectivity index (χ2v) is 11.4. The van der Waals surface area contributed by atoms with Crippen LogP contribution in [0.15, 0.2) is 42.5 Å². The fourth-order valence-electron chi connectivity index (χ4n) is 4.93. The van der Waals surface area contributed by atoms with E-state index in [2.05, 4.69) is 16.7 Å². The summed E-state index contributed by atoms with van der Waals surface area (Å²) in [6.45, 7) is 5.67. The van der Waals surface area contributed by atoms with Crippen LogP contribution in [-0.2, 0) is 10.2 Å². The highest BCUT2D eigenvalue weighted by molar-refractivity contribution is 6.30. The van der Waals surface area contributed by atoms with Gasteiger partial charge in [0, 0.05) is 28.2 Å². The predicted octanol–water partition coefficient (Wildman–Crippen LogP) is 4.88. The lowest BCUT2D eigenvalue weighted by atomic mass is 9.63. The van der Waals surface area contributed by atoms with E-state index in [1.54, 1.807) is 24.3 Å². The summed E-state index contributed by atoms with van der Waals surface area (Å²) in [7, 11) is 0. The molecule has 200 valence electrons. The summed E-state index contributed by atoms with van der Waals surface area (Å²) in [5.74, 6) is -1.46. The molecule has 5 atom stereocenters. The highest BCUT2D eigenvalue weighted by Crippen LogP contribution is 2.52. The summed E-state index contributed by atoms with van der Waals surface area (Å²) >= 11 is 12.3. The van der Waals surface area contributed by atoms with Crippen LogP contribution in [0, 0.1) is 22.6 Å². The molecule has 1 saturated heterocycles. The molecule has 10 heteroatoms. The van der Waals surface area contributed by atoms with Crippen molar-refractivity contribution in [2.24, 2.45) is 5.41 Å². The van der Waals surface area contributed by atoms with Gasteiger partial charge in [-0.1, -0.05) is 62.2 Å². The van der Waals surface area contributed by atoms with Gasteiger partial charge < -0.3 is 20.3 Å². The van der Waals surface area contributed by atoms with Gasteiger partial charge in [0.1, 0.15) is 11.2 Å². The number of aliphatic hydroxyl groups is 2. The van der Waals surface area contributed by atoms with E-state index in [0.29, 0.717) is 17.0 Å². The molecule has 0 bridgehead atoms. The summed E-state index contributed by atoms with van der Waals surface area (Å²) in [6, 6.07) is 12.9. The largest absolute Gasteiger partial charge is 0.430 e. The van der Waals surface area contributed by atoms with Crippen LogP contribution in [0.1, 0.15) is 50.7 Å². The van der Waals surface area contributed by atoms with Gasteiger partial charge in [0.25, 0.3) is 0 Å². The van der Waals surface area contributed by atoms with Crippen LogP contribution in [0.2, 0.25) is 10.0 Å². The molecule has 7 nitrogen and oxygen atoms in total. The Morgan fingerprint density at radius 1 is 1.27 bits per heavy atom. The van der Waals surface area contributed by atoms with Crippen LogP contribution in [-0.4, -0.2) is 47.8 Å². The topological polar surface area (TPSA) is 115 Å². The van der Waals surface area contributed by atoms with Crippen molar-refractivity contribution >= 4 is 29.3 Å². The first-order valence-electron chi connectivity index (χ1n) is 12.0. The first-order valence-corrected chi connectivity index (χ1v) is 12.8. The van der Waals surface area contributed by atoms with Crippen molar-refractivity contribution in [1.29, 1.82) is 5.26 Å². The number of nitriles is 1. The fourth-order valence-corrected chi connectivity index (χ4v) is 5.29. The highest BCUT2D eigenvalue weighted by Gasteiger charge is 2.60. The normalized spacial score (nSPS) is 24.4. The molecule has 37 heavy (non-hydrogen) atoms. The summed E-state index contributed by atoms with van der Waals surface area (Å²) in [5.41, 5.74) is -1.01. The molecular formula is C27H32Cl2FN3O4. The molecule has 0 spiro atoms. The lowest BCUT2D eigenvalue weighted by Crippen LogP contribution is -2.44. The molecule has 0 aliphatic carbocycles. The Balaban J connectivity index is 2.11. The number of nitrogens with zero attached hydrogens (tertiary/aromatic N) is 1. The van der Waals surface area contributed by atoms with Gasteiger partial charge in [-0.2, -0.15) is 5.26 Å². The smallest absolute Gasteiger partial charge is 0.408 e. The molecule has 0 saturated carbocycles. The third kappa shape index (κ3) is 6.73. The molecule has 0 aromatic heterocycles. The highest BCUT2D eigenvalue weighted by atomic mass is 35.5. The third-order valence-electron chi connectivity index (χ3n) is 6.49. The van der Waals surface area contributed by atoms with Crippen molar-refractivity contribution in [3.05, 3.63) is 69.5 Å². The molecule has 1 fully saturated rings. The SMILES string of the molecule is CC(C)(C)C[C@@H]1N[C@H](OC(=O)NCC[C@@H](O)CO)[C@H](c2cccc(Cl)c2)[C@@]1(C#N)c1ccc(Cl)cc1F. The maximum absolute atomic E-state index is 15.5. The number of alkyl carbamates (subject to hydrolysis) is 1. The lowest BCUT2D eigenvalue weighted by Gasteiger charge is -2.37. The van der Waals surface area contributed by atoms with Crippen LogP contribution in [0.4, 0.5) is 9.18 Å². The van der Waals surface area contributed by atoms with Crippen LogP contribution in [0.25, 0.3) is 0 Å². The average molecular weight is 552 g/mol. The molecule has 4 N–H and O–H groups in total. The zero-order chi connectivity index (χ0) is 27.4. The monoisotopic (exact) mass is 551 g/mol. The maximum atomic E-state index is 15.5. The van der Waals surface area contributed by atoms with Crippen LogP contribution < -0.4 is 10.6 Å². The summed E-state index contributed by atoms with van der Waals surface area (Å²) in [5, 5.41) is 35.8. The molecule has 0 radical (unpaired) electrons. The molecule has 2 aromatic carbocycles. The molecule has 1 amide bonds. The number of ether oxygens (including phenoxy) is 1. The van der Waals surface area contributed by atoms with Crippen molar-refractivity contribution in [3.8, 4) is 6.07 Å². The van der Waals surface area contributed by atoms with Gasteiger partial charge in [-0.05, 0) is 48.1 Å². The van der Waals surface area contributed by atoms with E-state index in [4.69, 9.17) is 33.0 Å². The minimum atomic E-state index is -1.48. The number of carbonyl (C=O) groups is 1. The number of rotatable bonds is 8. The van der Waals surface area contributed by atoms with E-state index in [9.17, 15) is 15.2 Å². The number of carbonyl (C=O) groups excluding carboxylic acids is 1. The van der Waals surface area contributed by atoms with Gasteiger partial charge in [-0.3, -0.25) is 5.32 Å². The first-order chi connectivity index (χ1) is 17.4. The molecule has 1 aliphatic rings. The number of aliphatic hydroxyl groups excluding tert-OH is 2. The zero-order valence-corrected chi connectivity index (χ0v) is 22.5. The summed E-state index contributed by atoms with van der Waals surface area (Å²) < 4.78 is 21.3. The number of benzene rings is 2. The quantitative estimate of drug-likeness (QED) is 0.371. The van der Waals surface area contributed by atoms with E-state index in [-0.39, 0.29) is 29.0 Å². The van der Waals surface area contributed by atoms with Crippen molar-refractivity contribution in [3.63, 3.8) is 0 Å². The molecule has 3 rings (SSSR count). The number of halogens is 3. The molecule has 2 aromatic rings. The van der Waals surface area contributed by atoms with E-state index < -0.39 is 48.2 Å². The second kappa shape index (κ2) is 12.0. The van der Waals surface area contributed by atoms with Gasteiger partial charge in [0.15, 0.2) is 6.23 Å². The van der Waals surface area contributed by atoms with Crippen molar-refractivity contribution in [1.82, 2.24) is 10.6 Å². The molecule has 1 heterocycles. The Labute approximate surface area is 226 Å². The first kappa shape index (κ1) is 29.2. The Hall–Kier alpha value is -2.41. The van der Waals surface area contributed by atoms with Crippen molar-refractivity contribution in [2.75, 3.05) is 13.2 Å². The van der Waals surface area contributed by atoms with Crippen LogP contribution >= 0.6 is 23.2 Å². The summed E-state index contributed by atoms with van der Waals surface area (Å²) in [4.78, 5) is 12.7. The molecule has 0 unspecified atom stereocenters. The zero-order valence-electron chi connectivity index (χ0n) is 21.0. The third-order valence-corrected chi connectivity index (χ3v) is 6.96. The molecule has 1 aliphatic heterocycles. The number of hydrogen-bond acceptors (Lipinski definition) is 6. The Bertz CT molecular complexity index is 1150. The minimum Gasteiger partial charge on any atom is -0.430 e. The van der Waals surface area contributed by atoms with E-state index in [0.717, 1.165) is 0 Å². The Morgan fingerprint density at radius 3 is 2.57 bits per heavy atom. The maximum Gasteiger partial charge on any atom is 0.408 e. The second-order valence-electron chi connectivity index (χ2n) is 10.5. The Kier molecular flexibility index (Phi) is 9.43. The van der Waals surface area contributed by atoms with Crippen LogP contribution in [0.3, 0.4) is 0 Å². The van der Waals surface area contributed by atoms with Crippen molar-refractivity contribution < 1.29 is 24.1 Å². The van der Waals surface area contributed by atoms with Gasteiger partial charge in [0.2, 0.25) is 0 Å². The number of nitrogens with one attached hydrogen (secondary N) is 2. The van der Waals surface area contributed by atoms with Crippen molar-refractivity contribution in [2.45, 2.75) is 63.3 Å². The van der Waals surface area contributed by atoms with Crippen LogP contribution in [0.5, 0.6) is 0 Å². The van der Waals surface area contributed by atoms with Gasteiger partial charge in [-0.15, -0.1) is 0 Å². The standard InChI is InChI=1S/C27H32Cl2FN3O4/c1-26(2,3)13-22-27(15-31,20-8-7-18(29)12-21(20)30)23(16-5-4-6-17(28)11-16)24(33-22)37-25(36)32-10-9-19(35)14-34/h4-8,11-12,19,22-24,33-35H,9-10,13-14H2,1-3H3,(H,32,36)/t19-,22+,23+,24-,27+/m1/s1. The lowest BCUT2D eigenvalue weighted by molar-refractivity contribution is 0.0689. The van der Waals surface area contributed by atoms with Gasteiger partial charge in [-0.25, -0.2) is 9.18 Å². The summed E-state index contributed by atoms with van der Waals surface area (Å²) in [6.07, 6.45) is -2.17. The van der Waals surface area contributed by atoms with E-state index in [1.807, 2.05) is 20.8 Å². The fraction of sp³-hybridized carbons (Fsp3) is 0.481. The number of amides is 1. The van der Waals surface area contributed by atoms with E-state index in [1.165, 1.54) is 18.2 Å².